The van der Waals surface area contributed by atoms with Crippen LogP contribution in [0.3, 0.4) is 0 Å². The number of ether oxygens (including phenoxy) is 2. The molecule has 5 rings (SSSR count). The van der Waals surface area contributed by atoms with E-state index in [1.54, 1.807) is 0 Å². The Labute approximate surface area is 147 Å². The van der Waals surface area contributed by atoms with Crippen LogP contribution in [0.4, 0.5) is 5.69 Å². The van der Waals surface area contributed by atoms with Gasteiger partial charge in [0, 0.05) is 24.6 Å². The summed E-state index contributed by atoms with van der Waals surface area (Å²) < 4.78 is 12.1. The number of benzene rings is 2. The highest BCUT2D eigenvalue weighted by Gasteiger charge is 2.51. The second-order valence-electron chi connectivity index (χ2n) is 7.39. The van der Waals surface area contributed by atoms with Crippen molar-refractivity contribution in [3.8, 4) is 11.5 Å². The van der Waals surface area contributed by atoms with Crippen molar-refractivity contribution in [3.63, 3.8) is 0 Å². The maximum Gasteiger partial charge on any atom is 0.251 e. The number of amides is 1. The van der Waals surface area contributed by atoms with Crippen molar-refractivity contribution in [3.05, 3.63) is 54.1 Å². The monoisotopic (exact) mass is 335 g/mol. The number of anilines is 1. The predicted molar refractivity (Wildman–Crippen MR) is 94.9 cm³/mol. The SMILES string of the molecule is O=C(Nc1ccc2c(c1)OC1(CCCC1)O2)C1(c2ccccc2)CC1. The molecule has 0 bridgehead atoms. The number of hydrogen-bond acceptors (Lipinski definition) is 3. The van der Waals surface area contributed by atoms with E-state index in [0.29, 0.717) is 0 Å². The molecule has 1 amide bonds. The van der Waals surface area contributed by atoms with Crippen molar-refractivity contribution >= 4 is 11.6 Å². The molecule has 0 saturated heterocycles. The van der Waals surface area contributed by atoms with E-state index in [1.165, 1.54) is 0 Å². The van der Waals surface area contributed by atoms with Crippen molar-refractivity contribution in [2.45, 2.75) is 49.7 Å². The van der Waals surface area contributed by atoms with E-state index in [9.17, 15) is 4.79 Å². The molecule has 3 aliphatic rings. The van der Waals surface area contributed by atoms with Gasteiger partial charge in [0.05, 0.1) is 5.41 Å². The summed E-state index contributed by atoms with van der Waals surface area (Å²) in [6.07, 6.45) is 5.93. The molecule has 1 spiro atoms. The van der Waals surface area contributed by atoms with E-state index >= 15 is 0 Å². The number of carbonyl (C=O) groups excluding carboxylic acids is 1. The molecule has 2 aromatic rings. The molecule has 25 heavy (non-hydrogen) atoms. The first-order chi connectivity index (χ1) is 12.2. The third-order valence-corrected chi connectivity index (χ3v) is 5.67. The van der Waals surface area contributed by atoms with Gasteiger partial charge in [0.2, 0.25) is 5.91 Å². The van der Waals surface area contributed by atoms with Gasteiger partial charge in [0.25, 0.3) is 5.79 Å². The topological polar surface area (TPSA) is 47.6 Å². The quantitative estimate of drug-likeness (QED) is 0.904. The van der Waals surface area contributed by atoms with Gasteiger partial charge in [0.1, 0.15) is 0 Å². The van der Waals surface area contributed by atoms with Crippen LogP contribution in [0, 0.1) is 0 Å². The van der Waals surface area contributed by atoms with Gasteiger partial charge >= 0.3 is 0 Å². The molecule has 2 aliphatic carbocycles. The van der Waals surface area contributed by atoms with Crippen LogP contribution < -0.4 is 14.8 Å². The van der Waals surface area contributed by atoms with Gasteiger partial charge in [-0.3, -0.25) is 4.79 Å². The first-order valence-electron chi connectivity index (χ1n) is 9.08. The first kappa shape index (κ1) is 14.8. The molecule has 2 aromatic carbocycles. The molecular formula is C21H21NO3. The smallest absolute Gasteiger partial charge is 0.251 e. The van der Waals surface area contributed by atoms with E-state index in [4.69, 9.17) is 9.47 Å². The average Bonchev–Trinajstić information content (AvgIpc) is 3.21. The molecule has 1 aliphatic heterocycles. The Morgan fingerprint density at radius 3 is 2.32 bits per heavy atom. The van der Waals surface area contributed by atoms with Crippen LogP contribution in [-0.2, 0) is 10.2 Å². The molecule has 2 saturated carbocycles. The summed E-state index contributed by atoms with van der Waals surface area (Å²) in [7, 11) is 0. The maximum absolute atomic E-state index is 12.9. The van der Waals surface area contributed by atoms with E-state index < -0.39 is 5.79 Å². The largest absolute Gasteiger partial charge is 0.448 e. The summed E-state index contributed by atoms with van der Waals surface area (Å²) in [5.74, 6) is 1.12. The van der Waals surface area contributed by atoms with E-state index in [1.807, 2.05) is 48.5 Å². The van der Waals surface area contributed by atoms with Crippen LogP contribution in [0.25, 0.3) is 0 Å². The Balaban J connectivity index is 1.35. The van der Waals surface area contributed by atoms with Crippen molar-refractivity contribution in [1.29, 1.82) is 0 Å². The Hall–Kier alpha value is -2.49. The second kappa shape index (κ2) is 5.25. The molecule has 0 unspecified atom stereocenters. The fourth-order valence-electron chi connectivity index (χ4n) is 4.07. The first-order valence-corrected chi connectivity index (χ1v) is 9.08. The molecule has 1 heterocycles. The number of nitrogens with one attached hydrogen (secondary N) is 1. The minimum Gasteiger partial charge on any atom is -0.448 e. The summed E-state index contributed by atoms with van der Waals surface area (Å²) in [6.45, 7) is 0. The van der Waals surface area contributed by atoms with Crippen molar-refractivity contribution in [1.82, 2.24) is 0 Å². The van der Waals surface area contributed by atoms with Crippen molar-refractivity contribution in [2.24, 2.45) is 0 Å². The lowest BCUT2D eigenvalue weighted by molar-refractivity contribution is -0.118. The van der Waals surface area contributed by atoms with E-state index in [2.05, 4.69) is 5.32 Å². The Morgan fingerprint density at radius 2 is 1.60 bits per heavy atom. The Kier molecular flexibility index (Phi) is 3.11. The lowest BCUT2D eigenvalue weighted by Gasteiger charge is -2.21. The number of carbonyl (C=O) groups is 1. The average molecular weight is 335 g/mol. The summed E-state index contributed by atoms with van der Waals surface area (Å²) in [6, 6.07) is 15.7. The zero-order valence-electron chi connectivity index (χ0n) is 14.1. The summed E-state index contributed by atoms with van der Waals surface area (Å²) in [4.78, 5) is 12.9. The highest BCUT2D eigenvalue weighted by atomic mass is 16.7. The summed E-state index contributed by atoms with van der Waals surface area (Å²) >= 11 is 0. The third kappa shape index (κ3) is 2.39. The minimum atomic E-state index is -0.466. The van der Waals surface area contributed by atoms with Crippen LogP contribution in [0.1, 0.15) is 44.1 Å². The highest BCUT2D eigenvalue weighted by molar-refractivity contribution is 6.01. The van der Waals surface area contributed by atoms with Gasteiger partial charge in [-0.1, -0.05) is 30.3 Å². The van der Waals surface area contributed by atoms with Gasteiger partial charge in [0.15, 0.2) is 11.5 Å². The lowest BCUT2D eigenvalue weighted by Crippen LogP contribution is -2.34. The number of rotatable bonds is 3. The molecule has 4 heteroatoms. The maximum atomic E-state index is 12.9. The van der Waals surface area contributed by atoms with E-state index in [-0.39, 0.29) is 11.3 Å². The lowest BCUT2D eigenvalue weighted by atomic mass is 9.95. The summed E-state index contributed by atoms with van der Waals surface area (Å²) in [5.41, 5.74) is 1.49. The van der Waals surface area contributed by atoms with Gasteiger partial charge < -0.3 is 14.8 Å². The molecule has 0 radical (unpaired) electrons. The van der Waals surface area contributed by atoms with Crippen LogP contribution in [-0.4, -0.2) is 11.7 Å². The van der Waals surface area contributed by atoms with E-state index in [0.717, 1.165) is 61.3 Å². The Bertz CT molecular complexity index is 820. The molecule has 128 valence electrons. The highest BCUT2D eigenvalue weighted by Crippen LogP contribution is 2.50. The van der Waals surface area contributed by atoms with Crippen molar-refractivity contribution in [2.75, 3.05) is 5.32 Å². The van der Waals surface area contributed by atoms with Gasteiger partial charge in [-0.15, -0.1) is 0 Å². The fraction of sp³-hybridized carbons (Fsp3) is 0.381. The number of fused-ring (bicyclic) bond motifs is 1. The predicted octanol–water partition coefficient (Wildman–Crippen LogP) is 4.40. The summed E-state index contributed by atoms with van der Waals surface area (Å²) in [5, 5.41) is 3.08. The Morgan fingerprint density at radius 1 is 0.880 bits per heavy atom. The number of hydrogen-bond donors (Lipinski definition) is 1. The van der Waals surface area contributed by atoms with Gasteiger partial charge in [-0.25, -0.2) is 0 Å². The molecule has 1 N–H and O–H groups in total. The second-order valence-corrected chi connectivity index (χ2v) is 7.39. The fourth-order valence-corrected chi connectivity index (χ4v) is 4.07. The van der Waals surface area contributed by atoms with Crippen LogP contribution in [0.15, 0.2) is 48.5 Å². The van der Waals surface area contributed by atoms with Crippen molar-refractivity contribution < 1.29 is 14.3 Å². The van der Waals surface area contributed by atoms with Crippen LogP contribution in [0.5, 0.6) is 11.5 Å². The third-order valence-electron chi connectivity index (χ3n) is 5.67. The zero-order valence-corrected chi connectivity index (χ0v) is 14.1. The van der Waals surface area contributed by atoms with Crippen LogP contribution in [0.2, 0.25) is 0 Å². The molecular weight excluding hydrogens is 314 g/mol. The molecule has 0 atom stereocenters. The minimum absolute atomic E-state index is 0.0631. The van der Waals surface area contributed by atoms with Gasteiger partial charge in [-0.2, -0.15) is 0 Å². The normalized spacial score (nSPS) is 21.3. The van der Waals surface area contributed by atoms with Crippen LogP contribution >= 0.6 is 0 Å². The molecule has 4 nitrogen and oxygen atoms in total. The van der Waals surface area contributed by atoms with Gasteiger partial charge in [-0.05, 0) is 43.4 Å². The molecule has 0 aromatic heterocycles. The standard InChI is InChI=1S/C21H21NO3/c23-19(20(12-13-20)15-6-2-1-3-7-15)22-16-8-9-17-18(14-16)25-21(24-17)10-4-5-11-21/h1-3,6-9,14H,4-5,10-13H2,(H,22,23). The zero-order chi connectivity index (χ0) is 16.9. The molecule has 2 fully saturated rings.